The summed E-state index contributed by atoms with van der Waals surface area (Å²) >= 11 is 0. The van der Waals surface area contributed by atoms with Crippen LogP contribution in [0.2, 0.25) is 0 Å². The van der Waals surface area contributed by atoms with Crippen molar-refractivity contribution < 1.29 is 9.32 Å². The van der Waals surface area contributed by atoms with Crippen LogP contribution < -0.4 is 10.6 Å². The highest BCUT2D eigenvalue weighted by Gasteiger charge is 2.58. The van der Waals surface area contributed by atoms with Gasteiger partial charge in [0.2, 0.25) is 11.8 Å². The number of hydrogen-bond acceptors (Lipinski definition) is 7. The monoisotopic (exact) mass is 399 g/mol. The van der Waals surface area contributed by atoms with Gasteiger partial charge < -0.3 is 15.2 Å². The third kappa shape index (κ3) is 3.45. The molecule has 0 radical (unpaired) electrons. The predicted octanol–water partition coefficient (Wildman–Crippen LogP) is 1.40. The van der Waals surface area contributed by atoms with E-state index in [9.17, 15) is 4.79 Å². The van der Waals surface area contributed by atoms with Gasteiger partial charge in [0.1, 0.15) is 5.82 Å². The first-order valence-electron chi connectivity index (χ1n) is 10.8. The molecular weight excluding hydrogens is 370 g/mol. The number of carbonyl (C=O) groups is 1. The summed E-state index contributed by atoms with van der Waals surface area (Å²) in [4.78, 5) is 21.6. The Hall–Kier alpha value is -2.29. The molecule has 2 aromatic heterocycles. The van der Waals surface area contributed by atoms with Gasteiger partial charge in [0, 0.05) is 36.9 Å². The second-order valence-corrected chi connectivity index (χ2v) is 8.79. The maximum atomic E-state index is 12.7. The number of amides is 1. The summed E-state index contributed by atoms with van der Waals surface area (Å²) in [6.07, 6.45) is 7.86. The predicted molar refractivity (Wildman–Crippen MR) is 104 cm³/mol. The summed E-state index contributed by atoms with van der Waals surface area (Å²) in [5, 5.41) is 15.3. The minimum atomic E-state index is 0.0436. The zero-order chi connectivity index (χ0) is 20.0. The van der Waals surface area contributed by atoms with Gasteiger partial charge in [0.25, 0.3) is 0 Å². The van der Waals surface area contributed by atoms with Crippen molar-refractivity contribution in [3.63, 3.8) is 0 Å². The van der Waals surface area contributed by atoms with Crippen LogP contribution in [0.5, 0.6) is 0 Å². The number of nitrogens with one attached hydrogen (secondary N) is 2. The van der Waals surface area contributed by atoms with Crippen molar-refractivity contribution in [1.82, 2.24) is 35.5 Å². The second-order valence-electron chi connectivity index (χ2n) is 8.79. The van der Waals surface area contributed by atoms with Crippen LogP contribution in [-0.4, -0.2) is 42.9 Å². The average Bonchev–Trinajstić information content (AvgIpc) is 3.29. The highest BCUT2D eigenvalue weighted by atomic mass is 16.5. The molecule has 2 aromatic rings. The van der Waals surface area contributed by atoms with E-state index in [1.54, 1.807) is 4.68 Å². The standard InChI is InChI=1S/C20H29N7O2/c1-3-15-23-18(29-26-15)11-21-13-9-14(20(13)7-4-8-20)22-17(28)10-16-24-19(12-5-6-12)25-27(16)2/h12-14,21H,3-11H2,1-2H3,(H,22,28). The fraction of sp³-hybridized carbons (Fsp3) is 0.750. The molecule has 0 bridgehead atoms. The maximum Gasteiger partial charge on any atom is 0.240 e. The topological polar surface area (TPSA) is 111 Å². The van der Waals surface area contributed by atoms with Crippen LogP contribution in [0.25, 0.3) is 0 Å². The lowest BCUT2D eigenvalue weighted by Gasteiger charge is -2.61. The van der Waals surface area contributed by atoms with Gasteiger partial charge in [-0.2, -0.15) is 10.1 Å². The third-order valence-electron chi connectivity index (χ3n) is 6.94. The van der Waals surface area contributed by atoms with Gasteiger partial charge in [-0.25, -0.2) is 4.98 Å². The molecule has 1 amide bonds. The van der Waals surface area contributed by atoms with Crippen LogP contribution in [-0.2, 0) is 31.2 Å². The third-order valence-corrected chi connectivity index (χ3v) is 6.94. The van der Waals surface area contributed by atoms with E-state index in [1.807, 2.05) is 14.0 Å². The number of hydrogen-bond donors (Lipinski definition) is 2. The van der Waals surface area contributed by atoms with Crippen molar-refractivity contribution in [1.29, 1.82) is 0 Å². The largest absolute Gasteiger partial charge is 0.352 e. The van der Waals surface area contributed by atoms with Gasteiger partial charge in [0.05, 0.1) is 13.0 Å². The molecule has 2 atom stereocenters. The molecule has 5 rings (SSSR count). The van der Waals surface area contributed by atoms with Crippen LogP contribution in [0.3, 0.4) is 0 Å². The van der Waals surface area contributed by atoms with Gasteiger partial charge in [-0.3, -0.25) is 9.48 Å². The van der Waals surface area contributed by atoms with E-state index in [-0.39, 0.29) is 17.4 Å². The molecule has 2 heterocycles. The number of carbonyl (C=O) groups excluding carboxylic acids is 1. The van der Waals surface area contributed by atoms with E-state index < -0.39 is 0 Å². The number of nitrogens with zero attached hydrogens (tertiary/aromatic N) is 5. The van der Waals surface area contributed by atoms with Crippen molar-refractivity contribution in [3.05, 3.63) is 23.4 Å². The summed E-state index contributed by atoms with van der Waals surface area (Å²) in [6, 6.07) is 0.612. The Balaban J connectivity index is 1.15. The molecule has 3 fully saturated rings. The molecule has 3 aliphatic rings. The van der Waals surface area contributed by atoms with E-state index in [0.29, 0.717) is 30.8 Å². The molecule has 156 valence electrons. The lowest BCUT2D eigenvalue weighted by atomic mass is 9.50. The summed E-state index contributed by atoms with van der Waals surface area (Å²) in [5.74, 6) is 3.57. The Bertz CT molecular complexity index is 897. The van der Waals surface area contributed by atoms with E-state index >= 15 is 0 Å². The molecule has 0 saturated heterocycles. The van der Waals surface area contributed by atoms with Crippen LogP contribution in [0.4, 0.5) is 0 Å². The molecule has 9 nitrogen and oxygen atoms in total. The minimum Gasteiger partial charge on any atom is -0.352 e. The molecule has 2 unspecified atom stereocenters. The summed E-state index contributed by atoms with van der Waals surface area (Å²) in [5.41, 5.74) is 0.169. The fourth-order valence-electron chi connectivity index (χ4n) is 4.77. The lowest BCUT2D eigenvalue weighted by molar-refractivity contribution is -0.128. The molecular formula is C20H29N7O2. The smallest absolute Gasteiger partial charge is 0.240 e. The van der Waals surface area contributed by atoms with Crippen LogP contribution in [0.15, 0.2) is 4.52 Å². The number of aromatic nitrogens is 5. The molecule has 0 aliphatic heterocycles. The quantitative estimate of drug-likeness (QED) is 0.690. The maximum absolute atomic E-state index is 12.7. The normalized spacial score (nSPS) is 24.9. The van der Waals surface area contributed by atoms with Crippen molar-refractivity contribution in [2.45, 2.75) is 82.8 Å². The van der Waals surface area contributed by atoms with E-state index in [0.717, 1.165) is 56.0 Å². The minimum absolute atomic E-state index is 0.0436. The number of aryl methyl sites for hydroxylation is 2. The van der Waals surface area contributed by atoms with Crippen molar-refractivity contribution in [2.24, 2.45) is 12.5 Å². The summed E-state index contributed by atoms with van der Waals surface area (Å²) < 4.78 is 7.03. The van der Waals surface area contributed by atoms with E-state index in [2.05, 4.69) is 30.9 Å². The first kappa shape index (κ1) is 18.7. The van der Waals surface area contributed by atoms with Gasteiger partial charge in [-0.05, 0) is 32.1 Å². The molecule has 9 heteroatoms. The Morgan fingerprint density at radius 1 is 1.28 bits per heavy atom. The van der Waals surface area contributed by atoms with Crippen molar-refractivity contribution in [2.75, 3.05) is 0 Å². The van der Waals surface area contributed by atoms with Gasteiger partial charge in [-0.15, -0.1) is 0 Å². The van der Waals surface area contributed by atoms with Crippen molar-refractivity contribution >= 4 is 5.91 Å². The fourth-order valence-corrected chi connectivity index (χ4v) is 4.77. The highest BCUT2D eigenvalue weighted by molar-refractivity contribution is 5.78. The zero-order valence-electron chi connectivity index (χ0n) is 17.1. The molecule has 3 saturated carbocycles. The van der Waals surface area contributed by atoms with Gasteiger partial charge in [0.15, 0.2) is 11.6 Å². The lowest BCUT2D eigenvalue weighted by Crippen LogP contribution is -2.70. The summed E-state index contributed by atoms with van der Waals surface area (Å²) in [7, 11) is 1.87. The molecule has 3 aliphatic carbocycles. The summed E-state index contributed by atoms with van der Waals surface area (Å²) in [6.45, 7) is 2.60. The molecule has 29 heavy (non-hydrogen) atoms. The first-order valence-corrected chi connectivity index (χ1v) is 10.8. The Morgan fingerprint density at radius 3 is 2.76 bits per heavy atom. The average molecular weight is 399 g/mol. The molecule has 0 aromatic carbocycles. The first-order chi connectivity index (χ1) is 14.1. The van der Waals surface area contributed by atoms with Gasteiger partial charge in [-0.1, -0.05) is 18.5 Å². The van der Waals surface area contributed by atoms with Crippen LogP contribution in [0.1, 0.15) is 74.7 Å². The van der Waals surface area contributed by atoms with Gasteiger partial charge >= 0.3 is 0 Å². The Morgan fingerprint density at radius 2 is 2.10 bits per heavy atom. The van der Waals surface area contributed by atoms with E-state index in [4.69, 9.17) is 4.52 Å². The van der Waals surface area contributed by atoms with Crippen LogP contribution >= 0.6 is 0 Å². The van der Waals surface area contributed by atoms with E-state index in [1.165, 1.54) is 6.42 Å². The van der Waals surface area contributed by atoms with Crippen LogP contribution in [0, 0.1) is 5.41 Å². The van der Waals surface area contributed by atoms with Crippen molar-refractivity contribution in [3.8, 4) is 0 Å². The Labute approximate surface area is 170 Å². The second kappa shape index (κ2) is 7.19. The zero-order valence-corrected chi connectivity index (χ0v) is 17.1. The number of rotatable bonds is 8. The SMILES string of the molecule is CCc1noc(CNC2CC(NC(=O)Cc3nc(C4CC4)nn3C)C23CCC3)n1. The highest BCUT2D eigenvalue weighted by Crippen LogP contribution is 2.56. The Kier molecular flexibility index (Phi) is 4.64. The molecule has 1 spiro atoms. The molecule has 2 N–H and O–H groups in total.